The Labute approximate surface area is 465 Å². The average Bonchev–Trinajstić information content (AvgIpc) is 3.62. The van der Waals surface area contributed by atoms with E-state index in [0.717, 1.165) is 10.9 Å². The predicted octanol–water partition coefficient (Wildman–Crippen LogP) is 9.56. The number of rotatable bonds is 7. The van der Waals surface area contributed by atoms with Gasteiger partial charge in [0.05, 0.1) is 49.8 Å². The van der Waals surface area contributed by atoms with E-state index in [0.29, 0.717) is 81.7 Å². The van der Waals surface area contributed by atoms with Crippen molar-refractivity contribution in [2.45, 2.75) is 194 Å². The molecule has 0 saturated heterocycles. The number of aromatic nitrogens is 4. The van der Waals surface area contributed by atoms with Gasteiger partial charge in [-0.05, 0) is 88.9 Å². The normalized spacial score (nSPS) is 18.2. The van der Waals surface area contributed by atoms with Crippen molar-refractivity contribution in [3.8, 4) is 0 Å². The number of ether oxygens (including phenoxy) is 2. The maximum atomic E-state index is 14.1. The largest absolute Gasteiger partial charge is 0.444 e. The van der Waals surface area contributed by atoms with Gasteiger partial charge in [0, 0.05) is 51.1 Å². The van der Waals surface area contributed by atoms with Gasteiger partial charge >= 0.3 is 23.6 Å². The van der Waals surface area contributed by atoms with E-state index in [2.05, 4.69) is 101 Å². The van der Waals surface area contributed by atoms with Gasteiger partial charge in [0.1, 0.15) is 22.6 Å². The molecule has 0 radical (unpaired) electrons. The quantitative estimate of drug-likeness (QED) is 0.138. The van der Waals surface area contributed by atoms with Crippen LogP contribution in [0.5, 0.6) is 0 Å². The summed E-state index contributed by atoms with van der Waals surface area (Å²) in [7, 11) is -4.26. The molecule has 0 saturated carbocycles. The molecule has 2 atom stereocenters. The molecule has 1 N–H and O–H groups in total. The van der Waals surface area contributed by atoms with E-state index in [1.165, 1.54) is 10.1 Å². The van der Waals surface area contributed by atoms with E-state index in [-0.39, 0.29) is 58.6 Å². The zero-order valence-corrected chi connectivity index (χ0v) is 52.1. The first-order valence-corrected chi connectivity index (χ1v) is 33.7. The third-order valence-corrected chi connectivity index (χ3v) is 24.7. The van der Waals surface area contributed by atoms with Crippen LogP contribution >= 0.6 is 15.9 Å². The van der Waals surface area contributed by atoms with Gasteiger partial charge < -0.3 is 38.3 Å². The summed E-state index contributed by atoms with van der Waals surface area (Å²) in [6.45, 7) is 36.0. The van der Waals surface area contributed by atoms with E-state index in [1.54, 1.807) is 28.4 Å². The van der Waals surface area contributed by atoms with Gasteiger partial charge in [-0.25, -0.2) is 19.2 Å². The van der Waals surface area contributed by atoms with Crippen molar-refractivity contribution >= 4 is 56.6 Å². The maximum absolute atomic E-state index is 14.1. The van der Waals surface area contributed by atoms with Crippen LogP contribution in [0.3, 0.4) is 0 Å². The molecule has 2 unspecified atom stereocenters. The molecule has 0 fully saturated rings. The number of nitrogens with one attached hydrogen (secondary N) is 1. The molecule has 4 aliphatic heterocycles. The molecular weight excluding hydrogens is 1080 g/mol. The smallest absolute Gasteiger partial charge is 0.410 e. The van der Waals surface area contributed by atoms with E-state index in [4.69, 9.17) is 18.3 Å². The Morgan fingerprint density at radius 1 is 0.571 bits per heavy atom. The lowest BCUT2D eigenvalue weighted by atomic mass is 10.2. The van der Waals surface area contributed by atoms with Crippen LogP contribution in [0.4, 0.5) is 9.59 Å². The van der Waals surface area contributed by atoms with Crippen LogP contribution in [0.1, 0.15) is 127 Å². The van der Waals surface area contributed by atoms with Crippen molar-refractivity contribution in [1.29, 1.82) is 0 Å². The first kappa shape index (κ1) is 61.0. The van der Waals surface area contributed by atoms with Gasteiger partial charge in [-0.15, -0.1) is 0 Å². The molecule has 0 aliphatic carbocycles. The Kier molecular flexibility index (Phi) is 18.7. The highest BCUT2D eigenvalue weighted by molar-refractivity contribution is 9.08. The zero-order chi connectivity index (χ0) is 57.2. The van der Waals surface area contributed by atoms with Gasteiger partial charge in [0.25, 0.3) is 11.8 Å². The summed E-state index contributed by atoms with van der Waals surface area (Å²) in [5.74, 6) is -0.523. The molecular formula is C56H85BrN8O10Si2. The van der Waals surface area contributed by atoms with Gasteiger partial charge in [-0.2, -0.15) is 0 Å². The molecule has 2 aromatic heterocycles. The number of amides is 4. The van der Waals surface area contributed by atoms with E-state index >= 15 is 0 Å². The first-order chi connectivity index (χ1) is 35.6. The molecule has 4 aromatic rings. The summed E-state index contributed by atoms with van der Waals surface area (Å²) in [5, 5.41) is 3.87. The Hall–Kier alpha value is -5.23. The lowest BCUT2D eigenvalue weighted by Crippen LogP contribution is -2.48. The second kappa shape index (κ2) is 23.6. The number of imidazole rings is 2. The standard InChI is InChI=1S/C28H42N4O5Si.C21H36N4O5Si.C7H7Br/c1-27(2,3)36-26(35)29-14-15-31-22(19-29)23-24(33)30(16-20-12-10-9-11-13-20)17-21(18-32(23)25(31)34)37-38(7,8)28(4,5)6;1-20(2,3)29-19(28)23-9-10-24-15(13-23)16-17(26)22-11-14(12-25(16)18(24)27)30-31(7,8)21(4,5)6;8-6-7-4-2-1-3-5-7/h9-13,21H,14-19H2,1-8H3;14H,9-13H2,1-8H3,(H,22,26);1-5H,6H2. The summed E-state index contributed by atoms with van der Waals surface area (Å²) < 4.78 is 30.7. The average molecular weight is 1170 g/mol. The van der Waals surface area contributed by atoms with Crippen LogP contribution < -0.4 is 16.7 Å². The van der Waals surface area contributed by atoms with E-state index < -0.39 is 40.0 Å². The molecule has 0 bridgehead atoms. The third kappa shape index (κ3) is 14.9. The molecule has 77 heavy (non-hydrogen) atoms. The Morgan fingerprint density at radius 2 is 0.987 bits per heavy atom. The fraction of sp³-hybridized carbons (Fsp3) is 0.607. The molecule has 0 spiro atoms. The first-order valence-electron chi connectivity index (χ1n) is 26.8. The lowest BCUT2D eigenvalue weighted by Gasteiger charge is -2.39. The zero-order valence-electron chi connectivity index (χ0n) is 48.5. The summed E-state index contributed by atoms with van der Waals surface area (Å²) >= 11 is 3.36. The monoisotopic (exact) mass is 1160 g/mol. The fourth-order valence-corrected chi connectivity index (χ4v) is 12.0. The number of hydrogen-bond acceptors (Lipinski definition) is 10. The molecule has 4 aliphatic rings. The SMILES string of the molecule is BrCc1ccccc1.CC(C)(C)OC(=O)N1CCn2c(c3n(c2=O)CC(O[Si](C)(C)C(C)(C)C)CN(Cc2ccccc2)C3=O)C1.CC(C)(C)OC(=O)N1CCn2c(c3n(c2=O)CC(O[Si](C)(C)C(C)(C)C)CNC3=O)C1. The minimum Gasteiger partial charge on any atom is -0.444 e. The lowest BCUT2D eigenvalue weighted by molar-refractivity contribution is 0.0187. The number of nitrogens with zero attached hydrogens (tertiary/aromatic N) is 7. The molecule has 8 rings (SSSR count). The number of fused-ring (bicyclic) bond motifs is 6. The van der Waals surface area contributed by atoms with Crippen molar-refractivity contribution in [2.24, 2.45) is 0 Å². The summed E-state index contributed by atoms with van der Waals surface area (Å²) in [4.78, 5) is 84.1. The Morgan fingerprint density at radius 3 is 1.42 bits per heavy atom. The van der Waals surface area contributed by atoms with Crippen molar-refractivity contribution in [1.82, 2.24) is 38.3 Å². The molecule has 2 aromatic carbocycles. The maximum Gasteiger partial charge on any atom is 0.410 e. The van der Waals surface area contributed by atoms with Crippen LogP contribution in [0.2, 0.25) is 36.3 Å². The number of hydrogen-bond donors (Lipinski definition) is 1. The number of carbonyl (C=O) groups is 4. The molecule has 424 valence electrons. The number of halogens is 1. The van der Waals surface area contributed by atoms with Crippen LogP contribution in [-0.2, 0) is 69.5 Å². The second-order valence-corrected chi connectivity index (χ2v) is 35.6. The minimum atomic E-state index is -2.19. The summed E-state index contributed by atoms with van der Waals surface area (Å²) in [5.41, 5.74) is 2.40. The molecule has 4 amide bonds. The molecule has 18 nitrogen and oxygen atoms in total. The van der Waals surface area contributed by atoms with Crippen LogP contribution in [0.25, 0.3) is 0 Å². The minimum absolute atomic E-state index is 0.0186. The van der Waals surface area contributed by atoms with Crippen molar-refractivity contribution in [3.63, 3.8) is 0 Å². The molecule has 6 heterocycles. The summed E-state index contributed by atoms with van der Waals surface area (Å²) in [6, 6.07) is 20.1. The van der Waals surface area contributed by atoms with Crippen molar-refractivity contribution in [2.75, 3.05) is 26.2 Å². The van der Waals surface area contributed by atoms with Crippen LogP contribution in [-0.4, -0.2) is 123 Å². The predicted molar refractivity (Wildman–Crippen MR) is 307 cm³/mol. The second-order valence-electron chi connectivity index (χ2n) is 25.5. The summed E-state index contributed by atoms with van der Waals surface area (Å²) in [6.07, 6.45) is -1.50. The highest BCUT2D eigenvalue weighted by atomic mass is 79.9. The van der Waals surface area contributed by atoms with Crippen molar-refractivity contribution < 1.29 is 37.5 Å². The Bertz CT molecular complexity index is 2870. The van der Waals surface area contributed by atoms with Crippen molar-refractivity contribution in [3.05, 3.63) is 116 Å². The highest BCUT2D eigenvalue weighted by Crippen LogP contribution is 2.39. The van der Waals surface area contributed by atoms with E-state index in [1.807, 2.05) is 90.1 Å². The van der Waals surface area contributed by atoms with Crippen LogP contribution in [0.15, 0.2) is 70.3 Å². The number of carbonyl (C=O) groups excluding carboxylic acids is 4. The van der Waals surface area contributed by atoms with Crippen LogP contribution in [0, 0.1) is 0 Å². The molecule has 21 heteroatoms. The number of alkyl halides is 1. The van der Waals surface area contributed by atoms with Gasteiger partial charge in [-0.1, -0.05) is 118 Å². The highest BCUT2D eigenvalue weighted by Gasteiger charge is 2.44. The van der Waals surface area contributed by atoms with Gasteiger partial charge in [0.2, 0.25) is 0 Å². The van der Waals surface area contributed by atoms with E-state index in [9.17, 15) is 28.8 Å². The fourth-order valence-electron chi connectivity index (χ4n) is 8.97. The van der Waals surface area contributed by atoms with Gasteiger partial charge in [0.15, 0.2) is 16.6 Å². The Balaban J connectivity index is 0.000000221. The number of benzene rings is 2. The topological polar surface area (TPSA) is 181 Å². The third-order valence-electron chi connectivity index (χ3n) is 15.0. The van der Waals surface area contributed by atoms with Gasteiger partial charge in [-0.3, -0.25) is 27.9 Å².